The van der Waals surface area contributed by atoms with E-state index in [0.717, 1.165) is 15.4 Å². The van der Waals surface area contributed by atoms with Crippen LogP contribution in [0.3, 0.4) is 0 Å². The van der Waals surface area contributed by atoms with E-state index in [4.69, 9.17) is 0 Å². The molecule has 0 atom stereocenters. The molecule has 0 aliphatic heterocycles. The highest BCUT2D eigenvalue weighted by atomic mass is 32.2. The number of rotatable bonds is 6. The number of sulfonamides is 2. The number of benzene rings is 4. The highest BCUT2D eigenvalue weighted by Gasteiger charge is 2.36. The van der Waals surface area contributed by atoms with Gasteiger partial charge in [0.2, 0.25) is 5.78 Å². The molecule has 4 aromatic carbocycles. The van der Waals surface area contributed by atoms with Gasteiger partial charge in [0.15, 0.2) is 0 Å². The number of nitrogens with zero attached hydrogens (tertiary/aromatic N) is 2. The third kappa shape index (κ3) is 5.06. The van der Waals surface area contributed by atoms with Gasteiger partial charge in [-0.3, -0.25) is 4.79 Å². The zero-order chi connectivity index (χ0) is 27.8. The summed E-state index contributed by atoms with van der Waals surface area (Å²) in [6.45, 7) is 3.68. The average Bonchev–Trinajstić information content (AvgIpc) is 2.92. The predicted octanol–water partition coefficient (Wildman–Crippen LogP) is 5.46. The number of allylic oxidation sites excluding steroid dienone is 2. The Bertz CT molecular complexity index is 1840. The largest absolute Gasteiger partial charge is 0.287 e. The summed E-state index contributed by atoms with van der Waals surface area (Å²) in [6.07, 6.45) is 1.23. The van der Waals surface area contributed by atoms with Crippen molar-refractivity contribution in [1.82, 2.24) is 0 Å². The lowest BCUT2D eigenvalue weighted by Crippen LogP contribution is -2.36. The van der Waals surface area contributed by atoms with Gasteiger partial charge in [0.25, 0.3) is 20.0 Å². The Balaban J connectivity index is 1.75. The fraction of sp³-hybridized carbons (Fsp3) is 0.0667. The lowest BCUT2D eigenvalue weighted by molar-refractivity contribution is 0.103. The second-order valence-electron chi connectivity index (χ2n) is 9.09. The number of hydrogen-bond donors (Lipinski definition) is 0. The van der Waals surface area contributed by atoms with Gasteiger partial charge in [0.1, 0.15) is 5.70 Å². The van der Waals surface area contributed by atoms with Gasteiger partial charge in [0.05, 0.1) is 21.2 Å². The van der Waals surface area contributed by atoms with Crippen LogP contribution in [-0.2, 0) is 20.0 Å². The molecule has 196 valence electrons. The minimum Gasteiger partial charge on any atom is -0.287 e. The molecule has 0 saturated heterocycles. The number of Topliss-reactive ketones (excluding diaryl/α,β-unsaturated/α-hetero) is 1. The minimum atomic E-state index is -4.29. The van der Waals surface area contributed by atoms with Crippen molar-refractivity contribution in [2.45, 2.75) is 23.6 Å². The first-order chi connectivity index (χ1) is 18.6. The number of anilines is 1. The quantitative estimate of drug-likeness (QED) is 0.314. The van der Waals surface area contributed by atoms with E-state index in [-0.39, 0.29) is 32.5 Å². The van der Waals surface area contributed by atoms with Crippen LogP contribution in [0.15, 0.2) is 129 Å². The van der Waals surface area contributed by atoms with E-state index in [9.17, 15) is 21.6 Å². The molecule has 0 aromatic heterocycles. The van der Waals surface area contributed by atoms with E-state index in [0.29, 0.717) is 5.56 Å². The van der Waals surface area contributed by atoms with Crippen molar-refractivity contribution in [3.8, 4) is 0 Å². The van der Waals surface area contributed by atoms with Crippen LogP contribution in [0.5, 0.6) is 0 Å². The summed E-state index contributed by atoms with van der Waals surface area (Å²) in [5, 5.41) is 0. The topological polar surface area (TPSA) is 101 Å². The summed E-state index contributed by atoms with van der Waals surface area (Å²) >= 11 is 0. The van der Waals surface area contributed by atoms with E-state index >= 15 is 0 Å². The zero-order valence-corrected chi connectivity index (χ0v) is 22.8. The Morgan fingerprint density at radius 2 is 1.13 bits per heavy atom. The molecule has 0 spiro atoms. The van der Waals surface area contributed by atoms with Crippen molar-refractivity contribution in [1.29, 1.82) is 0 Å². The van der Waals surface area contributed by atoms with Crippen molar-refractivity contribution in [3.63, 3.8) is 0 Å². The summed E-state index contributed by atoms with van der Waals surface area (Å²) in [4.78, 5) is 13.8. The molecular formula is C30H24N2O5S2. The fourth-order valence-electron chi connectivity index (χ4n) is 4.22. The van der Waals surface area contributed by atoms with Crippen LogP contribution >= 0.6 is 0 Å². The Morgan fingerprint density at radius 1 is 0.615 bits per heavy atom. The third-order valence-corrected chi connectivity index (χ3v) is 9.32. The van der Waals surface area contributed by atoms with Gasteiger partial charge in [-0.1, -0.05) is 77.9 Å². The molecule has 7 nitrogen and oxygen atoms in total. The maximum absolute atomic E-state index is 14.0. The molecule has 0 heterocycles. The van der Waals surface area contributed by atoms with Gasteiger partial charge in [0, 0.05) is 11.1 Å². The fourth-order valence-corrected chi connectivity index (χ4v) is 6.70. The van der Waals surface area contributed by atoms with E-state index in [1.165, 1.54) is 36.4 Å². The van der Waals surface area contributed by atoms with Gasteiger partial charge in [-0.2, -0.15) is 12.8 Å². The number of hydrogen-bond acceptors (Lipinski definition) is 5. The van der Waals surface area contributed by atoms with Crippen LogP contribution in [-0.4, -0.2) is 28.3 Å². The molecule has 1 aliphatic carbocycles. The van der Waals surface area contributed by atoms with Crippen molar-refractivity contribution in [2.24, 2.45) is 4.40 Å². The lowest BCUT2D eigenvalue weighted by Gasteiger charge is -2.29. The second kappa shape index (κ2) is 10.1. The van der Waals surface area contributed by atoms with Gasteiger partial charge in [-0.25, -0.2) is 12.7 Å². The van der Waals surface area contributed by atoms with Gasteiger partial charge >= 0.3 is 0 Å². The number of carbonyl (C=O) groups excluding carboxylic acids is 1. The van der Waals surface area contributed by atoms with E-state index in [1.54, 1.807) is 72.8 Å². The van der Waals surface area contributed by atoms with Crippen LogP contribution < -0.4 is 4.31 Å². The van der Waals surface area contributed by atoms with Crippen LogP contribution in [0.2, 0.25) is 0 Å². The Labute approximate surface area is 227 Å². The molecule has 0 saturated carbocycles. The predicted molar refractivity (Wildman–Crippen MR) is 151 cm³/mol. The average molecular weight is 557 g/mol. The van der Waals surface area contributed by atoms with Crippen molar-refractivity contribution >= 4 is 37.2 Å². The van der Waals surface area contributed by atoms with Crippen molar-refractivity contribution < 1.29 is 21.6 Å². The standard InChI is InChI=1S/C30H24N2O5S2/c1-21-12-16-24(17-13-21)38(34,35)31-28-20-29(30(33)27-11-7-6-10-26(27)28)32(23-8-4-3-5-9-23)39(36,37)25-18-14-22(2)15-19-25/h3-20H,1-2H3/b31-28+. The SMILES string of the molecule is Cc1ccc(S(=O)(=O)/N=C2\C=C(N(c3ccccc3)S(=O)(=O)c3ccc(C)cc3)C(=O)c3ccccc32)cc1. The van der Waals surface area contributed by atoms with Crippen LogP contribution in [0.25, 0.3) is 0 Å². The first-order valence-electron chi connectivity index (χ1n) is 12.0. The first kappa shape index (κ1) is 26.3. The van der Waals surface area contributed by atoms with E-state index < -0.39 is 25.8 Å². The Morgan fingerprint density at radius 3 is 1.72 bits per heavy atom. The van der Waals surface area contributed by atoms with Crippen molar-refractivity contribution in [3.05, 3.63) is 137 Å². The summed E-state index contributed by atoms with van der Waals surface area (Å²) in [7, 11) is -8.47. The molecule has 1 aliphatic rings. The molecule has 9 heteroatoms. The maximum atomic E-state index is 14.0. The van der Waals surface area contributed by atoms with Crippen LogP contribution in [0.4, 0.5) is 5.69 Å². The minimum absolute atomic E-state index is 0.0166. The molecule has 0 amide bonds. The molecule has 0 radical (unpaired) electrons. The van der Waals surface area contributed by atoms with Crippen LogP contribution in [0.1, 0.15) is 27.0 Å². The summed E-state index contributed by atoms with van der Waals surface area (Å²) in [5.41, 5.74) is 2.14. The zero-order valence-electron chi connectivity index (χ0n) is 21.1. The number of carbonyl (C=O) groups is 1. The van der Waals surface area contributed by atoms with Crippen molar-refractivity contribution in [2.75, 3.05) is 4.31 Å². The molecule has 0 N–H and O–H groups in total. The normalized spacial score (nSPS) is 14.6. The van der Waals surface area contributed by atoms with Crippen LogP contribution in [0, 0.1) is 13.8 Å². The lowest BCUT2D eigenvalue weighted by atomic mass is 9.92. The monoisotopic (exact) mass is 556 g/mol. The molecule has 0 unspecified atom stereocenters. The summed E-state index contributed by atoms with van der Waals surface area (Å²) in [6, 6.07) is 27.1. The van der Waals surface area contributed by atoms with E-state index in [1.807, 2.05) is 13.8 Å². The second-order valence-corrected chi connectivity index (χ2v) is 12.5. The molecule has 4 aromatic rings. The first-order valence-corrected chi connectivity index (χ1v) is 14.9. The Hall–Kier alpha value is -4.34. The third-order valence-electron chi connectivity index (χ3n) is 6.26. The number of fused-ring (bicyclic) bond motifs is 1. The molecular weight excluding hydrogens is 532 g/mol. The molecule has 5 rings (SSSR count). The highest BCUT2D eigenvalue weighted by Crippen LogP contribution is 2.33. The summed E-state index contributed by atoms with van der Waals surface area (Å²) < 4.78 is 59.6. The van der Waals surface area contributed by atoms with Gasteiger partial charge in [-0.05, 0) is 56.3 Å². The number of aryl methyl sites for hydroxylation is 2. The summed E-state index contributed by atoms with van der Waals surface area (Å²) in [5.74, 6) is -0.572. The smallest absolute Gasteiger partial charge is 0.282 e. The number of ketones is 1. The molecule has 0 fully saturated rings. The van der Waals surface area contributed by atoms with Gasteiger partial charge in [-0.15, -0.1) is 0 Å². The maximum Gasteiger partial charge on any atom is 0.282 e. The Kier molecular flexibility index (Phi) is 6.80. The molecule has 0 bridgehead atoms. The number of para-hydroxylation sites is 1. The highest BCUT2D eigenvalue weighted by molar-refractivity contribution is 7.93. The molecule has 39 heavy (non-hydrogen) atoms. The van der Waals surface area contributed by atoms with E-state index in [2.05, 4.69) is 4.40 Å². The van der Waals surface area contributed by atoms with Gasteiger partial charge < -0.3 is 0 Å².